The van der Waals surface area contributed by atoms with Gasteiger partial charge in [0.2, 0.25) is 5.82 Å². The maximum Gasteiger partial charge on any atom is 0.346 e. The average molecular weight is 597 g/mol. The summed E-state index contributed by atoms with van der Waals surface area (Å²) in [5.41, 5.74) is 0.693. The number of aryl methyl sites for hydroxylation is 1. The lowest BCUT2D eigenvalue weighted by atomic mass is 9.80. The molecular weight excluding hydrogens is 542 g/mol. The highest BCUT2D eigenvalue weighted by atomic mass is 19.2. The van der Waals surface area contributed by atoms with Crippen molar-refractivity contribution in [2.45, 2.75) is 129 Å². The first-order valence-electron chi connectivity index (χ1n) is 17.1. The first kappa shape index (κ1) is 34.8. The molecular formula is C38H54F2O3. The van der Waals surface area contributed by atoms with Crippen molar-refractivity contribution in [1.82, 2.24) is 0 Å². The molecule has 1 saturated carbocycles. The normalized spacial score (nSPS) is 16.9. The van der Waals surface area contributed by atoms with Gasteiger partial charge in [-0.2, -0.15) is 4.39 Å². The highest BCUT2D eigenvalue weighted by molar-refractivity contribution is 5.91. The minimum atomic E-state index is -1.24. The molecule has 0 N–H and O–H groups in total. The number of ether oxygens (including phenoxy) is 2. The van der Waals surface area contributed by atoms with Gasteiger partial charge in [0.25, 0.3) is 0 Å². The molecule has 0 saturated heterocycles. The van der Waals surface area contributed by atoms with E-state index in [-0.39, 0.29) is 5.75 Å². The number of halogens is 2. The Labute approximate surface area is 259 Å². The number of hydrogen-bond donors (Lipinski definition) is 0. The number of carbonyl (C=O) groups excluding carboxylic acids is 1. The van der Waals surface area contributed by atoms with Crippen molar-refractivity contribution in [1.29, 1.82) is 0 Å². The van der Waals surface area contributed by atoms with Gasteiger partial charge < -0.3 is 9.47 Å². The Morgan fingerprint density at radius 3 is 2.09 bits per heavy atom. The summed E-state index contributed by atoms with van der Waals surface area (Å²) in [6, 6.07) is 9.75. The minimum absolute atomic E-state index is 0.174. The van der Waals surface area contributed by atoms with Gasteiger partial charge in [0, 0.05) is 0 Å². The molecule has 5 heteroatoms. The molecule has 0 bridgehead atoms. The number of esters is 1. The van der Waals surface area contributed by atoms with Crippen LogP contribution in [-0.4, -0.2) is 12.6 Å². The maximum absolute atomic E-state index is 14.7. The summed E-state index contributed by atoms with van der Waals surface area (Å²) in [5.74, 6) is -1.56. The Hall–Kier alpha value is -2.69. The van der Waals surface area contributed by atoms with Crippen molar-refractivity contribution in [3.05, 3.63) is 71.3 Å². The second kappa shape index (κ2) is 20.3. The van der Waals surface area contributed by atoms with E-state index in [1.807, 2.05) is 12.1 Å². The Kier molecular flexibility index (Phi) is 16.4. The molecule has 0 heterocycles. The minimum Gasteiger partial charge on any atom is -0.490 e. The van der Waals surface area contributed by atoms with Gasteiger partial charge in [0.1, 0.15) is 5.75 Å². The van der Waals surface area contributed by atoms with Crippen LogP contribution in [0.15, 0.2) is 48.6 Å². The van der Waals surface area contributed by atoms with Gasteiger partial charge in [-0.15, -0.1) is 0 Å². The van der Waals surface area contributed by atoms with Gasteiger partial charge in [-0.1, -0.05) is 109 Å². The topological polar surface area (TPSA) is 35.5 Å². The molecule has 0 unspecified atom stereocenters. The molecule has 0 aromatic heterocycles. The molecule has 0 radical (unpaired) electrons. The fourth-order valence-corrected chi connectivity index (χ4v) is 6.07. The SMILES string of the molecule is CCCCCCCCCCCCOc1ccc(C(=O)Oc2ccc(CC/C=C/[C@H]3CC[C@H](CCC)CC3)cc2)c(F)c1F. The second-order valence-electron chi connectivity index (χ2n) is 12.3. The van der Waals surface area contributed by atoms with Crippen LogP contribution in [0.25, 0.3) is 0 Å². The van der Waals surface area contributed by atoms with E-state index in [1.54, 1.807) is 12.1 Å². The quantitative estimate of drug-likeness (QED) is 0.0660. The van der Waals surface area contributed by atoms with Gasteiger partial charge in [0.05, 0.1) is 12.2 Å². The maximum atomic E-state index is 14.7. The van der Waals surface area contributed by atoms with Crippen LogP contribution in [0.3, 0.4) is 0 Å². The Morgan fingerprint density at radius 1 is 0.791 bits per heavy atom. The molecule has 1 fully saturated rings. The molecule has 43 heavy (non-hydrogen) atoms. The predicted molar refractivity (Wildman–Crippen MR) is 173 cm³/mol. The molecule has 1 aliphatic rings. The van der Waals surface area contributed by atoms with Crippen molar-refractivity contribution in [3.8, 4) is 11.5 Å². The largest absolute Gasteiger partial charge is 0.490 e. The zero-order valence-corrected chi connectivity index (χ0v) is 26.7. The van der Waals surface area contributed by atoms with Gasteiger partial charge in [-0.3, -0.25) is 0 Å². The molecule has 0 spiro atoms. The summed E-state index contributed by atoms with van der Waals surface area (Å²) in [6.45, 7) is 4.82. The van der Waals surface area contributed by atoms with Crippen LogP contribution in [-0.2, 0) is 6.42 Å². The molecule has 0 amide bonds. The van der Waals surface area contributed by atoms with Crippen LogP contribution in [0.1, 0.15) is 139 Å². The average Bonchev–Trinajstić information content (AvgIpc) is 3.02. The molecule has 0 atom stereocenters. The zero-order valence-electron chi connectivity index (χ0n) is 26.7. The molecule has 2 aromatic rings. The van der Waals surface area contributed by atoms with Crippen LogP contribution < -0.4 is 9.47 Å². The third-order valence-corrected chi connectivity index (χ3v) is 8.75. The number of allylic oxidation sites excluding steroid dienone is 2. The molecule has 3 rings (SSSR count). The van der Waals surface area contributed by atoms with E-state index in [0.29, 0.717) is 18.3 Å². The molecule has 3 nitrogen and oxygen atoms in total. The summed E-state index contributed by atoms with van der Waals surface area (Å²) in [6.07, 6.45) is 26.4. The number of carbonyl (C=O) groups is 1. The van der Waals surface area contributed by atoms with Gasteiger partial charge >= 0.3 is 5.97 Å². The monoisotopic (exact) mass is 596 g/mol. The highest BCUT2D eigenvalue weighted by Gasteiger charge is 2.21. The predicted octanol–water partition coefficient (Wildman–Crippen LogP) is 11.6. The van der Waals surface area contributed by atoms with Gasteiger partial charge in [0.15, 0.2) is 11.6 Å². The summed E-state index contributed by atoms with van der Waals surface area (Å²) < 4.78 is 40.1. The van der Waals surface area contributed by atoms with Crippen LogP contribution in [0.2, 0.25) is 0 Å². The van der Waals surface area contributed by atoms with Crippen LogP contribution in [0, 0.1) is 23.5 Å². The van der Waals surface area contributed by atoms with Gasteiger partial charge in [-0.05, 0) is 86.6 Å². The van der Waals surface area contributed by atoms with Gasteiger partial charge in [-0.25, -0.2) is 9.18 Å². The number of unbranched alkanes of at least 4 members (excludes halogenated alkanes) is 9. The molecule has 1 aliphatic carbocycles. The van der Waals surface area contributed by atoms with Crippen molar-refractivity contribution < 1.29 is 23.0 Å². The summed E-state index contributed by atoms with van der Waals surface area (Å²) >= 11 is 0. The van der Waals surface area contributed by atoms with Crippen molar-refractivity contribution in [3.63, 3.8) is 0 Å². The van der Waals surface area contributed by atoms with Crippen LogP contribution in [0.5, 0.6) is 11.5 Å². The van der Waals surface area contributed by atoms with Crippen molar-refractivity contribution in [2.75, 3.05) is 6.61 Å². The van der Waals surface area contributed by atoms with E-state index in [4.69, 9.17) is 9.47 Å². The van der Waals surface area contributed by atoms with Crippen LogP contribution in [0.4, 0.5) is 8.78 Å². The fraction of sp³-hybridized carbons (Fsp3) is 0.605. The van der Waals surface area contributed by atoms with E-state index in [0.717, 1.165) is 43.6 Å². The first-order chi connectivity index (χ1) is 21.0. The lowest BCUT2D eigenvalue weighted by molar-refractivity contribution is 0.0728. The van der Waals surface area contributed by atoms with E-state index in [2.05, 4.69) is 26.0 Å². The Morgan fingerprint density at radius 2 is 1.44 bits per heavy atom. The highest BCUT2D eigenvalue weighted by Crippen LogP contribution is 2.32. The van der Waals surface area contributed by atoms with E-state index in [1.165, 1.54) is 95.6 Å². The third-order valence-electron chi connectivity index (χ3n) is 8.75. The van der Waals surface area contributed by atoms with Crippen LogP contribution >= 0.6 is 0 Å². The number of benzene rings is 2. The standard InChI is InChI=1S/C38H54F2O3/c1-3-5-6-7-8-9-10-11-12-15-29-42-35-28-27-34(36(39)37(35)40)38(41)43-33-25-23-32(24-26-33)18-14-13-17-31-21-19-30(16-4-2)20-22-31/h13,17,23-28,30-31H,3-12,14-16,18-22,29H2,1-2H3/b17-13+/t30-,31-. The lowest BCUT2D eigenvalue weighted by Gasteiger charge is -2.26. The zero-order chi connectivity index (χ0) is 30.7. The number of hydrogen-bond acceptors (Lipinski definition) is 3. The van der Waals surface area contributed by atoms with E-state index >= 15 is 0 Å². The summed E-state index contributed by atoms with van der Waals surface area (Å²) in [4.78, 5) is 12.6. The summed E-state index contributed by atoms with van der Waals surface area (Å²) in [7, 11) is 0. The fourth-order valence-electron chi connectivity index (χ4n) is 6.07. The van der Waals surface area contributed by atoms with Crippen molar-refractivity contribution >= 4 is 5.97 Å². The first-order valence-corrected chi connectivity index (χ1v) is 17.1. The Bertz CT molecular complexity index is 1090. The number of rotatable bonds is 20. The smallest absolute Gasteiger partial charge is 0.346 e. The van der Waals surface area contributed by atoms with Crippen molar-refractivity contribution in [2.24, 2.45) is 11.8 Å². The second-order valence-corrected chi connectivity index (χ2v) is 12.3. The molecule has 238 valence electrons. The lowest BCUT2D eigenvalue weighted by Crippen LogP contribution is -2.13. The molecule has 0 aliphatic heterocycles. The summed E-state index contributed by atoms with van der Waals surface area (Å²) in [5, 5.41) is 0. The Balaban J connectivity index is 1.35. The van der Waals surface area contributed by atoms with E-state index in [9.17, 15) is 13.6 Å². The van der Waals surface area contributed by atoms with E-state index < -0.39 is 23.2 Å². The third kappa shape index (κ3) is 12.8. The molecule has 2 aromatic carbocycles.